The number of carbonyl (C=O) groups is 1. The molecule has 0 spiro atoms. The lowest BCUT2D eigenvalue weighted by Gasteiger charge is -2.18. The van der Waals surface area contributed by atoms with E-state index in [0.717, 1.165) is 5.56 Å². The molecule has 5 nitrogen and oxygen atoms in total. The summed E-state index contributed by atoms with van der Waals surface area (Å²) < 4.78 is 6.97. The molecule has 25 heavy (non-hydrogen) atoms. The van der Waals surface area contributed by atoms with E-state index in [1.54, 1.807) is 29.3 Å². The van der Waals surface area contributed by atoms with Gasteiger partial charge in [-0.25, -0.2) is 0 Å². The van der Waals surface area contributed by atoms with Gasteiger partial charge in [-0.05, 0) is 23.8 Å². The van der Waals surface area contributed by atoms with Crippen molar-refractivity contribution in [3.63, 3.8) is 0 Å². The van der Waals surface area contributed by atoms with Gasteiger partial charge in [-0.3, -0.25) is 9.48 Å². The van der Waals surface area contributed by atoms with Crippen LogP contribution in [-0.4, -0.2) is 27.1 Å². The van der Waals surface area contributed by atoms with Crippen LogP contribution in [-0.2, 0) is 13.1 Å². The number of furan rings is 1. The van der Waals surface area contributed by atoms with Gasteiger partial charge in [-0.15, -0.1) is 6.42 Å². The van der Waals surface area contributed by atoms with Crippen LogP contribution in [0.3, 0.4) is 0 Å². The van der Waals surface area contributed by atoms with Crippen molar-refractivity contribution in [3.8, 4) is 12.3 Å². The van der Waals surface area contributed by atoms with E-state index in [0.29, 0.717) is 29.4 Å². The van der Waals surface area contributed by atoms with Crippen molar-refractivity contribution in [3.05, 3.63) is 77.0 Å². The summed E-state index contributed by atoms with van der Waals surface area (Å²) in [5.74, 6) is 2.98. The number of benzene rings is 1. The number of amides is 1. The van der Waals surface area contributed by atoms with Crippen LogP contribution in [0.2, 0.25) is 5.02 Å². The summed E-state index contributed by atoms with van der Waals surface area (Å²) in [6, 6.07) is 11.1. The molecule has 126 valence electrons. The second-order valence-corrected chi connectivity index (χ2v) is 5.87. The minimum atomic E-state index is -0.195. The predicted octanol–water partition coefficient (Wildman–Crippen LogP) is 3.45. The Morgan fingerprint density at radius 2 is 2.16 bits per heavy atom. The van der Waals surface area contributed by atoms with Gasteiger partial charge in [0.15, 0.2) is 0 Å². The lowest BCUT2D eigenvalue weighted by atomic mass is 10.2. The number of rotatable bonds is 6. The van der Waals surface area contributed by atoms with Gasteiger partial charge >= 0.3 is 0 Å². The lowest BCUT2D eigenvalue weighted by molar-refractivity contribution is 0.0755. The first-order valence-electron chi connectivity index (χ1n) is 7.68. The number of halogens is 1. The fourth-order valence-corrected chi connectivity index (χ4v) is 2.64. The average molecular weight is 354 g/mol. The maximum atomic E-state index is 12.7. The van der Waals surface area contributed by atoms with Crippen molar-refractivity contribution in [2.24, 2.45) is 0 Å². The Morgan fingerprint density at radius 1 is 1.32 bits per heavy atom. The number of hydrogen-bond donors (Lipinski definition) is 0. The Balaban J connectivity index is 1.74. The van der Waals surface area contributed by atoms with Crippen LogP contribution >= 0.6 is 11.6 Å². The molecule has 0 aliphatic heterocycles. The van der Waals surface area contributed by atoms with E-state index >= 15 is 0 Å². The van der Waals surface area contributed by atoms with Crippen LogP contribution in [0.15, 0.2) is 59.5 Å². The normalized spacial score (nSPS) is 10.4. The second kappa shape index (κ2) is 7.73. The van der Waals surface area contributed by atoms with E-state index in [4.69, 9.17) is 22.4 Å². The van der Waals surface area contributed by atoms with E-state index in [-0.39, 0.29) is 12.5 Å². The molecule has 6 heteroatoms. The molecule has 0 fully saturated rings. The van der Waals surface area contributed by atoms with Crippen LogP contribution in [0.5, 0.6) is 0 Å². The molecule has 2 aromatic heterocycles. The largest absolute Gasteiger partial charge is 0.467 e. The Kier molecular flexibility index (Phi) is 5.22. The molecule has 1 amide bonds. The van der Waals surface area contributed by atoms with Gasteiger partial charge in [0.25, 0.3) is 5.91 Å². The summed E-state index contributed by atoms with van der Waals surface area (Å²) in [7, 11) is 0. The van der Waals surface area contributed by atoms with Gasteiger partial charge < -0.3 is 9.32 Å². The molecule has 0 N–H and O–H groups in total. The fourth-order valence-electron chi connectivity index (χ4n) is 2.44. The first kappa shape index (κ1) is 16.9. The molecule has 0 atom stereocenters. The van der Waals surface area contributed by atoms with Gasteiger partial charge in [0.1, 0.15) is 5.76 Å². The van der Waals surface area contributed by atoms with Crippen molar-refractivity contribution in [2.75, 3.05) is 6.54 Å². The summed E-state index contributed by atoms with van der Waals surface area (Å²) in [4.78, 5) is 14.2. The number of nitrogens with zero attached hydrogens (tertiary/aromatic N) is 3. The number of terminal acetylenes is 1. The van der Waals surface area contributed by atoms with E-state index in [1.807, 2.05) is 24.3 Å². The molecular weight excluding hydrogens is 338 g/mol. The molecule has 3 rings (SSSR count). The van der Waals surface area contributed by atoms with Gasteiger partial charge in [-0.1, -0.05) is 35.7 Å². The van der Waals surface area contributed by atoms with E-state index in [9.17, 15) is 4.79 Å². The number of aromatic nitrogens is 2. The molecule has 0 saturated carbocycles. The van der Waals surface area contributed by atoms with Crippen LogP contribution in [0.25, 0.3) is 0 Å². The summed E-state index contributed by atoms with van der Waals surface area (Å²) >= 11 is 6.17. The Labute approximate surface area is 150 Å². The van der Waals surface area contributed by atoms with Crippen molar-refractivity contribution in [2.45, 2.75) is 13.1 Å². The molecule has 0 radical (unpaired) electrons. The predicted molar refractivity (Wildman–Crippen MR) is 95.1 cm³/mol. The highest BCUT2D eigenvalue weighted by molar-refractivity contribution is 6.31. The van der Waals surface area contributed by atoms with Gasteiger partial charge in [0, 0.05) is 11.2 Å². The van der Waals surface area contributed by atoms with Crippen LogP contribution < -0.4 is 0 Å². The molecule has 0 saturated heterocycles. The Bertz CT molecular complexity index is 894. The molecule has 0 unspecified atom stereocenters. The van der Waals surface area contributed by atoms with E-state index < -0.39 is 0 Å². The monoisotopic (exact) mass is 353 g/mol. The second-order valence-electron chi connectivity index (χ2n) is 5.46. The number of carbonyl (C=O) groups excluding carboxylic acids is 1. The maximum absolute atomic E-state index is 12.7. The molecule has 0 bridgehead atoms. The smallest absolute Gasteiger partial charge is 0.258 e. The highest BCUT2D eigenvalue weighted by Gasteiger charge is 2.18. The minimum Gasteiger partial charge on any atom is -0.467 e. The molecule has 3 aromatic rings. The van der Waals surface area contributed by atoms with Gasteiger partial charge in [-0.2, -0.15) is 5.10 Å². The van der Waals surface area contributed by atoms with E-state index in [2.05, 4.69) is 11.0 Å². The maximum Gasteiger partial charge on any atom is 0.258 e. The third-order valence-corrected chi connectivity index (χ3v) is 4.04. The SMILES string of the molecule is C#CCN(Cc1ccco1)C(=O)c1cnn(Cc2ccccc2Cl)c1. The zero-order valence-electron chi connectivity index (χ0n) is 13.4. The lowest BCUT2D eigenvalue weighted by Crippen LogP contribution is -2.30. The first-order chi connectivity index (χ1) is 12.2. The Morgan fingerprint density at radius 3 is 2.88 bits per heavy atom. The first-order valence-corrected chi connectivity index (χ1v) is 8.06. The summed E-state index contributed by atoms with van der Waals surface area (Å²) in [6.45, 7) is 0.987. The third kappa shape index (κ3) is 4.11. The van der Waals surface area contributed by atoms with E-state index in [1.165, 1.54) is 11.1 Å². The molecular formula is C19H16ClN3O2. The summed E-state index contributed by atoms with van der Waals surface area (Å²) in [6.07, 6.45) is 10.2. The van der Waals surface area contributed by atoms with Crippen LogP contribution in [0, 0.1) is 12.3 Å². The fraction of sp³-hybridized carbons (Fsp3) is 0.158. The summed E-state index contributed by atoms with van der Waals surface area (Å²) in [5, 5.41) is 4.91. The van der Waals surface area contributed by atoms with Gasteiger partial charge in [0.05, 0.1) is 37.7 Å². The molecule has 2 heterocycles. The standard InChI is InChI=1S/C19H16ClN3O2/c1-2-9-22(14-17-7-5-10-25-17)19(24)16-11-21-23(13-16)12-15-6-3-4-8-18(15)20/h1,3-8,10-11,13H,9,12,14H2. The average Bonchev–Trinajstić information content (AvgIpc) is 3.28. The zero-order chi connectivity index (χ0) is 17.6. The van der Waals surface area contributed by atoms with Crippen molar-refractivity contribution in [1.29, 1.82) is 0 Å². The summed E-state index contributed by atoms with van der Waals surface area (Å²) in [5.41, 5.74) is 1.40. The molecule has 1 aromatic carbocycles. The highest BCUT2D eigenvalue weighted by Crippen LogP contribution is 2.16. The zero-order valence-corrected chi connectivity index (χ0v) is 14.2. The van der Waals surface area contributed by atoms with Crippen molar-refractivity contribution >= 4 is 17.5 Å². The van der Waals surface area contributed by atoms with Crippen LogP contribution in [0.1, 0.15) is 21.7 Å². The quantitative estimate of drug-likeness (QED) is 0.638. The molecule has 0 aliphatic carbocycles. The third-order valence-electron chi connectivity index (χ3n) is 3.67. The van der Waals surface area contributed by atoms with Crippen LogP contribution in [0.4, 0.5) is 0 Å². The topological polar surface area (TPSA) is 51.3 Å². The molecule has 0 aliphatic rings. The Hall–Kier alpha value is -2.97. The van der Waals surface area contributed by atoms with Crippen molar-refractivity contribution in [1.82, 2.24) is 14.7 Å². The minimum absolute atomic E-state index is 0.190. The van der Waals surface area contributed by atoms with Gasteiger partial charge in [0.2, 0.25) is 0 Å². The number of hydrogen-bond acceptors (Lipinski definition) is 3. The van der Waals surface area contributed by atoms with Crippen molar-refractivity contribution < 1.29 is 9.21 Å². The highest BCUT2D eigenvalue weighted by atomic mass is 35.5.